The van der Waals surface area contributed by atoms with E-state index >= 15 is 0 Å². The van der Waals surface area contributed by atoms with Gasteiger partial charge in [0.1, 0.15) is 0 Å². The van der Waals surface area contributed by atoms with E-state index in [4.69, 9.17) is 0 Å². The van der Waals surface area contributed by atoms with Crippen LogP contribution >= 0.6 is 0 Å². The highest BCUT2D eigenvalue weighted by molar-refractivity contribution is 5.38. The van der Waals surface area contributed by atoms with Crippen LogP contribution in [-0.4, -0.2) is 11.5 Å². The Morgan fingerprint density at radius 1 is 1.70 bits per heavy atom. The van der Waals surface area contributed by atoms with Crippen LogP contribution in [0.4, 0.5) is 5.69 Å². The van der Waals surface area contributed by atoms with Crippen LogP contribution in [0.2, 0.25) is 0 Å². The summed E-state index contributed by atoms with van der Waals surface area (Å²) in [6.07, 6.45) is 4.58. The van der Waals surface area contributed by atoms with E-state index in [1.54, 1.807) is 12.4 Å². The number of nitrogens with one attached hydrogen (secondary N) is 1. The molecular formula is C8H11N2. The highest BCUT2D eigenvalue weighted by Crippen LogP contribution is 2.00. The molecule has 0 aliphatic rings. The highest BCUT2D eigenvalue weighted by atomic mass is 14.9. The summed E-state index contributed by atoms with van der Waals surface area (Å²) in [6, 6.07) is 4.79. The van der Waals surface area contributed by atoms with Crippen molar-refractivity contribution in [2.24, 2.45) is 0 Å². The van der Waals surface area contributed by atoms with E-state index in [1.165, 1.54) is 0 Å². The zero-order valence-corrected chi connectivity index (χ0v) is 6.09. The lowest BCUT2D eigenvalue weighted by Gasteiger charge is -2.00. The van der Waals surface area contributed by atoms with E-state index < -0.39 is 0 Å². The molecule has 0 saturated heterocycles. The van der Waals surface area contributed by atoms with Crippen LogP contribution in [0.15, 0.2) is 18.5 Å². The molecule has 0 aliphatic carbocycles. The molecule has 10 heavy (non-hydrogen) atoms. The van der Waals surface area contributed by atoms with Gasteiger partial charge in [0.15, 0.2) is 0 Å². The molecule has 0 bridgehead atoms. The Labute approximate surface area is 61.3 Å². The maximum atomic E-state index is 3.92. The van der Waals surface area contributed by atoms with E-state index in [9.17, 15) is 0 Å². The smallest absolute Gasteiger partial charge is 0.0532 e. The first-order valence-corrected chi connectivity index (χ1v) is 3.48. The van der Waals surface area contributed by atoms with Gasteiger partial charge in [0, 0.05) is 25.0 Å². The second kappa shape index (κ2) is 3.88. The van der Waals surface area contributed by atoms with Crippen LogP contribution < -0.4 is 5.32 Å². The second-order valence-corrected chi connectivity index (χ2v) is 2.10. The second-order valence-electron chi connectivity index (χ2n) is 2.10. The molecule has 1 aromatic rings. The molecule has 0 aliphatic heterocycles. The minimum atomic E-state index is 1.000. The Kier molecular flexibility index (Phi) is 2.74. The molecular weight excluding hydrogens is 124 g/mol. The maximum Gasteiger partial charge on any atom is 0.0532 e. The van der Waals surface area contributed by atoms with E-state index in [2.05, 4.69) is 23.3 Å². The average molecular weight is 135 g/mol. The molecule has 1 rings (SSSR count). The van der Waals surface area contributed by atoms with Gasteiger partial charge in [-0.25, -0.2) is 0 Å². The summed E-state index contributed by atoms with van der Waals surface area (Å²) in [5, 5.41) is 3.20. The highest BCUT2D eigenvalue weighted by Gasteiger charge is 1.85. The SMILES string of the molecule is CCCNc1c[c]cnc1. The molecule has 1 radical (unpaired) electrons. The van der Waals surface area contributed by atoms with Crippen LogP contribution in [0.25, 0.3) is 0 Å². The van der Waals surface area contributed by atoms with Gasteiger partial charge in [-0.3, -0.25) is 4.98 Å². The minimum absolute atomic E-state index is 1.000. The number of rotatable bonds is 3. The van der Waals surface area contributed by atoms with Crippen LogP contribution in [0.5, 0.6) is 0 Å². The quantitative estimate of drug-likeness (QED) is 0.682. The third-order valence-electron chi connectivity index (χ3n) is 1.18. The van der Waals surface area contributed by atoms with Gasteiger partial charge in [-0.1, -0.05) is 6.92 Å². The maximum absolute atomic E-state index is 3.92. The Balaban J connectivity index is 2.43. The predicted molar refractivity (Wildman–Crippen MR) is 41.9 cm³/mol. The summed E-state index contributed by atoms with van der Waals surface area (Å²) in [5.74, 6) is 0. The van der Waals surface area contributed by atoms with Crippen molar-refractivity contribution in [1.29, 1.82) is 0 Å². The van der Waals surface area contributed by atoms with Crippen LogP contribution in [-0.2, 0) is 0 Å². The molecule has 1 heterocycles. The molecule has 53 valence electrons. The topological polar surface area (TPSA) is 24.9 Å². The predicted octanol–water partition coefficient (Wildman–Crippen LogP) is 1.70. The summed E-state index contributed by atoms with van der Waals surface area (Å²) in [5.41, 5.74) is 1.05. The van der Waals surface area contributed by atoms with Gasteiger partial charge in [-0.2, -0.15) is 0 Å². The van der Waals surface area contributed by atoms with Gasteiger partial charge in [0.2, 0.25) is 0 Å². The number of hydrogen-bond acceptors (Lipinski definition) is 2. The first kappa shape index (κ1) is 7.06. The van der Waals surface area contributed by atoms with Crippen molar-refractivity contribution < 1.29 is 0 Å². The monoisotopic (exact) mass is 135 g/mol. The zero-order valence-electron chi connectivity index (χ0n) is 6.09. The molecule has 0 atom stereocenters. The van der Waals surface area contributed by atoms with E-state index in [1.807, 2.05) is 6.07 Å². The molecule has 2 heteroatoms. The molecule has 0 fully saturated rings. The zero-order chi connectivity index (χ0) is 7.23. The average Bonchev–Trinajstić information content (AvgIpc) is 2.03. The first-order chi connectivity index (χ1) is 4.93. The molecule has 0 saturated carbocycles. The molecule has 0 aromatic carbocycles. The van der Waals surface area contributed by atoms with Crippen molar-refractivity contribution in [3.8, 4) is 0 Å². The van der Waals surface area contributed by atoms with Crippen molar-refractivity contribution in [2.75, 3.05) is 11.9 Å². The summed E-state index contributed by atoms with van der Waals surface area (Å²) < 4.78 is 0. The standard InChI is InChI=1S/C8H11N2/c1-2-5-10-8-4-3-6-9-7-8/h4,6-7,10H,2,5H2,1H3. The Morgan fingerprint density at radius 3 is 3.20 bits per heavy atom. The largest absolute Gasteiger partial charge is 0.384 e. The van der Waals surface area contributed by atoms with Gasteiger partial charge in [0.05, 0.1) is 5.69 Å². The Morgan fingerprint density at radius 2 is 2.60 bits per heavy atom. The lowest BCUT2D eigenvalue weighted by Crippen LogP contribution is -1.99. The van der Waals surface area contributed by atoms with Crippen molar-refractivity contribution in [3.63, 3.8) is 0 Å². The Bertz CT molecular complexity index is 172. The van der Waals surface area contributed by atoms with Gasteiger partial charge in [-0.15, -0.1) is 0 Å². The van der Waals surface area contributed by atoms with Crippen LogP contribution in [0.1, 0.15) is 13.3 Å². The number of anilines is 1. The van der Waals surface area contributed by atoms with Gasteiger partial charge < -0.3 is 5.32 Å². The van der Waals surface area contributed by atoms with E-state index in [-0.39, 0.29) is 0 Å². The van der Waals surface area contributed by atoms with Crippen molar-refractivity contribution >= 4 is 5.69 Å². The number of pyridine rings is 1. The molecule has 0 amide bonds. The summed E-state index contributed by atoms with van der Waals surface area (Å²) >= 11 is 0. The fourth-order valence-corrected chi connectivity index (χ4v) is 0.691. The first-order valence-electron chi connectivity index (χ1n) is 3.48. The van der Waals surface area contributed by atoms with Crippen molar-refractivity contribution in [2.45, 2.75) is 13.3 Å². The van der Waals surface area contributed by atoms with Gasteiger partial charge in [-0.05, 0) is 12.5 Å². The molecule has 0 unspecified atom stereocenters. The van der Waals surface area contributed by atoms with Crippen molar-refractivity contribution in [3.05, 3.63) is 24.5 Å². The molecule has 2 nitrogen and oxygen atoms in total. The normalized spacial score (nSPS) is 9.30. The summed E-state index contributed by atoms with van der Waals surface area (Å²) in [6.45, 7) is 3.13. The lowest BCUT2D eigenvalue weighted by molar-refractivity contribution is 0.977. The third kappa shape index (κ3) is 2.05. The van der Waals surface area contributed by atoms with Crippen LogP contribution in [0.3, 0.4) is 0 Å². The third-order valence-corrected chi connectivity index (χ3v) is 1.18. The van der Waals surface area contributed by atoms with Gasteiger partial charge in [0.25, 0.3) is 0 Å². The number of aromatic nitrogens is 1. The Hall–Kier alpha value is -1.05. The van der Waals surface area contributed by atoms with Crippen LogP contribution in [0, 0.1) is 6.07 Å². The van der Waals surface area contributed by atoms with E-state index in [0.29, 0.717) is 0 Å². The number of hydrogen-bond donors (Lipinski definition) is 1. The van der Waals surface area contributed by atoms with E-state index in [0.717, 1.165) is 18.7 Å². The molecule has 1 N–H and O–H groups in total. The van der Waals surface area contributed by atoms with Crippen molar-refractivity contribution in [1.82, 2.24) is 4.98 Å². The lowest BCUT2D eigenvalue weighted by atomic mass is 10.4. The summed E-state index contributed by atoms with van der Waals surface area (Å²) in [4.78, 5) is 3.92. The fraction of sp³-hybridized carbons (Fsp3) is 0.375. The minimum Gasteiger partial charge on any atom is -0.384 e. The fourth-order valence-electron chi connectivity index (χ4n) is 0.691. The molecule has 0 spiro atoms. The molecule has 1 aromatic heterocycles. The van der Waals surface area contributed by atoms with Gasteiger partial charge >= 0.3 is 0 Å². The summed E-state index contributed by atoms with van der Waals surface area (Å²) in [7, 11) is 0. The number of nitrogens with zero attached hydrogens (tertiary/aromatic N) is 1.